The van der Waals surface area contributed by atoms with Gasteiger partial charge < -0.3 is 20.5 Å². The molecular weight excluding hydrogens is 268 g/mol. The molecule has 0 saturated carbocycles. The second-order valence-corrected chi connectivity index (χ2v) is 4.54. The molecule has 0 aliphatic rings. The minimum absolute atomic E-state index is 0.138. The van der Waals surface area contributed by atoms with Crippen molar-refractivity contribution < 1.29 is 19.4 Å². The topological polar surface area (TPSA) is 87.7 Å². The normalized spacial score (nSPS) is 11.7. The Morgan fingerprint density at radius 1 is 1.53 bits per heavy atom. The van der Waals surface area contributed by atoms with E-state index in [2.05, 4.69) is 15.4 Å². The molecule has 0 aliphatic carbocycles. The van der Waals surface area contributed by atoms with Gasteiger partial charge in [0.15, 0.2) is 0 Å². The Balaban J connectivity index is 2.28. The zero-order valence-corrected chi connectivity index (χ0v) is 11.5. The number of alkyl carbamates (subject to hydrolysis) is 1. The summed E-state index contributed by atoms with van der Waals surface area (Å²) < 4.78 is 4.66. The fraction of sp³-hybridized carbons (Fsp3) is 0.500. The van der Waals surface area contributed by atoms with Gasteiger partial charge in [-0.25, -0.2) is 4.79 Å². The summed E-state index contributed by atoms with van der Waals surface area (Å²) in [6, 6.07) is 1.45. The number of amides is 2. The molecule has 0 spiro atoms. The van der Waals surface area contributed by atoms with Crippen LogP contribution in [-0.2, 0) is 9.53 Å². The van der Waals surface area contributed by atoms with E-state index in [1.807, 2.05) is 16.8 Å². The summed E-state index contributed by atoms with van der Waals surface area (Å²) >= 11 is 1.50. The molecule has 1 rings (SSSR count). The van der Waals surface area contributed by atoms with Crippen molar-refractivity contribution in [2.45, 2.75) is 19.4 Å². The highest BCUT2D eigenvalue weighted by molar-refractivity contribution is 7.07. The molecule has 7 heteroatoms. The number of rotatable bonds is 7. The summed E-state index contributed by atoms with van der Waals surface area (Å²) in [5.41, 5.74) is 0.874. The lowest BCUT2D eigenvalue weighted by molar-refractivity contribution is -0.122. The smallest absolute Gasteiger partial charge is 0.407 e. The van der Waals surface area contributed by atoms with Crippen molar-refractivity contribution in [1.82, 2.24) is 10.6 Å². The first-order valence-corrected chi connectivity index (χ1v) is 6.94. The Morgan fingerprint density at radius 2 is 2.32 bits per heavy atom. The van der Waals surface area contributed by atoms with E-state index in [4.69, 9.17) is 0 Å². The third kappa shape index (κ3) is 5.71. The molecule has 1 atom stereocenters. The van der Waals surface area contributed by atoms with E-state index < -0.39 is 12.1 Å². The molecule has 1 heterocycles. The van der Waals surface area contributed by atoms with E-state index in [-0.39, 0.29) is 25.5 Å². The van der Waals surface area contributed by atoms with Gasteiger partial charge >= 0.3 is 6.09 Å². The van der Waals surface area contributed by atoms with Crippen LogP contribution in [-0.4, -0.2) is 36.9 Å². The SMILES string of the molecule is CCOC(=O)NCCC(=O)N[C@H](CO)c1ccsc1. The molecule has 1 aromatic rings. The first-order chi connectivity index (χ1) is 9.17. The fourth-order valence-electron chi connectivity index (χ4n) is 1.43. The van der Waals surface area contributed by atoms with Gasteiger partial charge in [-0.3, -0.25) is 4.79 Å². The van der Waals surface area contributed by atoms with Crippen molar-refractivity contribution in [2.75, 3.05) is 19.8 Å². The monoisotopic (exact) mass is 286 g/mol. The summed E-state index contributed by atoms with van der Waals surface area (Å²) in [5.74, 6) is -0.234. The van der Waals surface area contributed by atoms with Gasteiger partial charge in [-0.05, 0) is 29.3 Å². The van der Waals surface area contributed by atoms with Crippen molar-refractivity contribution in [1.29, 1.82) is 0 Å². The van der Waals surface area contributed by atoms with Gasteiger partial charge in [-0.1, -0.05) is 0 Å². The van der Waals surface area contributed by atoms with Gasteiger partial charge in [0.2, 0.25) is 5.91 Å². The molecule has 0 bridgehead atoms. The van der Waals surface area contributed by atoms with Gasteiger partial charge in [-0.15, -0.1) is 0 Å². The molecule has 0 unspecified atom stereocenters. The van der Waals surface area contributed by atoms with Crippen molar-refractivity contribution >= 4 is 23.3 Å². The molecule has 0 aliphatic heterocycles. The number of hydrogen-bond donors (Lipinski definition) is 3. The van der Waals surface area contributed by atoms with Crippen LogP contribution >= 0.6 is 11.3 Å². The standard InChI is InChI=1S/C12H18N2O4S/c1-2-18-12(17)13-5-3-11(16)14-10(7-15)9-4-6-19-8-9/h4,6,8,10,15H,2-3,5,7H2,1H3,(H,13,17)(H,14,16)/t10-/m1/s1. The molecule has 106 valence electrons. The number of hydrogen-bond acceptors (Lipinski definition) is 5. The summed E-state index contributed by atoms with van der Waals surface area (Å²) in [7, 11) is 0. The molecule has 6 nitrogen and oxygen atoms in total. The van der Waals surface area contributed by atoms with Crippen molar-refractivity contribution in [3.05, 3.63) is 22.4 Å². The minimum Gasteiger partial charge on any atom is -0.450 e. The zero-order valence-electron chi connectivity index (χ0n) is 10.7. The van der Waals surface area contributed by atoms with Crippen LogP contribution in [0.15, 0.2) is 16.8 Å². The van der Waals surface area contributed by atoms with Crippen LogP contribution < -0.4 is 10.6 Å². The largest absolute Gasteiger partial charge is 0.450 e. The number of ether oxygens (including phenoxy) is 1. The third-order valence-corrected chi connectivity index (χ3v) is 3.06. The average molecular weight is 286 g/mol. The molecule has 0 radical (unpaired) electrons. The van der Waals surface area contributed by atoms with E-state index in [0.717, 1.165) is 5.56 Å². The number of aliphatic hydroxyl groups is 1. The van der Waals surface area contributed by atoms with E-state index >= 15 is 0 Å². The lowest BCUT2D eigenvalue weighted by Crippen LogP contribution is -2.34. The highest BCUT2D eigenvalue weighted by Crippen LogP contribution is 2.15. The van der Waals surface area contributed by atoms with Gasteiger partial charge in [0.1, 0.15) is 0 Å². The lowest BCUT2D eigenvalue weighted by Gasteiger charge is -2.15. The Hall–Kier alpha value is -1.60. The number of aliphatic hydroxyl groups excluding tert-OH is 1. The fourth-order valence-corrected chi connectivity index (χ4v) is 2.15. The van der Waals surface area contributed by atoms with Gasteiger partial charge in [0.25, 0.3) is 0 Å². The van der Waals surface area contributed by atoms with Crippen LogP contribution in [0.4, 0.5) is 4.79 Å². The Kier molecular flexibility index (Phi) is 6.91. The number of thiophene rings is 1. The molecule has 0 aromatic carbocycles. The Bertz CT molecular complexity index is 394. The van der Waals surface area contributed by atoms with Crippen LogP contribution in [0.25, 0.3) is 0 Å². The predicted molar refractivity (Wildman–Crippen MR) is 71.9 cm³/mol. The maximum atomic E-state index is 11.6. The number of carbonyl (C=O) groups is 2. The highest BCUT2D eigenvalue weighted by atomic mass is 32.1. The van der Waals surface area contributed by atoms with E-state index in [9.17, 15) is 14.7 Å². The van der Waals surface area contributed by atoms with E-state index in [0.29, 0.717) is 6.61 Å². The molecule has 0 fully saturated rings. The first kappa shape index (κ1) is 15.5. The van der Waals surface area contributed by atoms with Crippen molar-refractivity contribution in [2.24, 2.45) is 0 Å². The van der Waals surface area contributed by atoms with Gasteiger partial charge in [0.05, 0.1) is 19.3 Å². The van der Waals surface area contributed by atoms with Crippen LogP contribution in [0.5, 0.6) is 0 Å². The molecular formula is C12H18N2O4S. The molecule has 3 N–H and O–H groups in total. The molecule has 0 saturated heterocycles. The predicted octanol–water partition coefficient (Wildman–Crippen LogP) is 1.03. The van der Waals surface area contributed by atoms with E-state index in [1.54, 1.807) is 6.92 Å². The van der Waals surface area contributed by atoms with Crippen LogP contribution in [0.1, 0.15) is 24.9 Å². The van der Waals surface area contributed by atoms with Gasteiger partial charge in [0, 0.05) is 13.0 Å². The molecule has 1 aromatic heterocycles. The Labute approximate surface area is 115 Å². The van der Waals surface area contributed by atoms with Crippen molar-refractivity contribution in [3.8, 4) is 0 Å². The minimum atomic E-state index is -0.535. The summed E-state index contributed by atoms with van der Waals surface area (Å²) in [6.07, 6.45) is -0.397. The zero-order chi connectivity index (χ0) is 14.1. The summed E-state index contributed by atoms with van der Waals surface area (Å²) in [5, 5.41) is 18.1. The Morgan fingerprint density at radius 3 is 2.89 bits per heavy atom. The second-order valence-electron chi connectivity index (χ2n) is 3.76. The second kappa shape index (κ2) is 8.49. The molecule has 2 amide bonds. The van der Waals surface area contributed by atoms with Gasteiger partial charge in [-0.2, -0.15) is 11.3 Å². The number of nitrogens with one attached hydrogen (secondary N) is 2. The van der Waals surface area contributed by atoms with Crippen molar-refractivity contribution in [3.63, 3.8) is 0 Å². The maximum Gasteiger partial charge on any atom is 0.407 e. The summed E-state index contributed by atoms with van der Waals surface area (Å²) in [4.78, 5) is 22.6. The summed E-state index contributed by atoms with van der Waals surface area (Å²) in [6.45, 7) is 2.04. The highest BCUT2D eigenvalue weighted by Gasteiger charge is 2.13. The number of carbonyl (C=O) groups excluding carboxylic acids is 2. The third-order valence-electron chi connectivity index (χ3n) is 2.36. The molecule has 19 heavy (non-hydrogen) atoms. The van der Waals surface area contributed by atoms with E-state index in [1.165, 1.54) is 11.3 Å². The first-order valence-electron chi connectivity index (χ1n) is 6.00. The lowest BCUT2D eigenvalue weighted by atomic mass is 10.1. The average Bonchev–Trinajstić information content (AvgIpc) is 2.90. The van der Waals surface area contributed by atoms with Crippen LogP contribution in [0.2, 0.25) is 0 Å². The van der Waals surface area contributed by atoms with Crippen LogP contribution in [0.3, 0.4) is 0 Å². The van der Waals surface area contributed by atoms with Crippen LogP contribution in [0, 0.1) is 0 Å². The quantitative estimate of drug-likeness (QED) is 0.698. The maximum absolute atomic E-state index is 11.6.